The summed E-state index contributed by atoms with van der Waals surface area (Å²) in [4.78, 5) is 10.6. The van der Waals surface area contributed by atoms with Crippen molar-refractivity contribution in [2.75, 3.05) is 7.11 Å². The molecule has 1 fully saturated rings. The number of urea groups is 1. The smallest absolute Gasteiger partial charge is 0.312 e. The Bertz CT molecular complexity index is 186. The fraction of sp³-hybridized carbons (Fsp3) is 0.875. The fourth-order valence-corrected chi connectivity index (χ4v) is 1.50. The molecule has 0 aromatic heterocycles. The Kier molecular flexibility index (Phi) is 3.50. The Balaban J connectivity index is 2.39. The van der Waals surface area contributed by atoms with Crippen LogP contribution in [-0.2, 0) is 9.47 Å². The number of carbonyl (C=O) groups is 1. The van der Waals surface area contributed by atoms with Crippen molar-refractivity contribution >= 4 is 6.03 Å². The van der Waals surface area contributed by atoms with Crippen LogP contribution in [-0.4, -0.2) is 31.6 Å². The third-order valence-corrected chi connectivity index (χ3v) is 2.24. The van der Waals surface area contributed by atoms with E-state index < -0.39 is 6.03 Å². The van der Waals surface area contributed by atoms with Crippen molar-refractivity contribution in [1.82, 2.24) is 5.32 Å². The molecule has 1 rings (SSSR count). The number of hydrogen-bond acceptors (Lipinski definition) is 3. The van der Waals surface area contributed by atoms with Crippen molar-refractivity contribution in [3.8, 4) is 0 Å². The highest BCUT2D eigenvalue weighted by atomic mass is 16.7. The van der Waals surface area contributed by atoms with Crippen LogP contribution in [0.25, 0.3) is 0 Å². The fourth-order valence-electron chi connectivity index (χ4n) is 1.50. The molecule has 0 saturated carbocycles. The number of rotatable bonds is 2. The van der Waals surface area contributed by atoms with E-state index in [-0.39, 0.29) is 18.4 Å². The van der Waals surface area contributed by atoms with Gasteiger partial charge in [-0.15, -0.1) is 0 Å². The van der Waals surface area contributed by atoms with Gasteiger partial charge < -0.3 is 20.5 Å². The maximum absolute atomic E-state index is 10.6. The average Bonchev–Trinajstić information content (AvgIpc) is 2.08. The van der Waals surface area contributed by atoms with E-state index in [9.17, 15) is 4.79 Å². The monoisotopic (exact) mass is 188 g/mol. The molecule has 3 unspecified atom stereocenters. The number of hydrogen-bond donors (Lipinski definition) is 2. The van der Waals surface area contributed by atoms with E-state index >= 15 is 0 Å². The first-order valence-corrected chi connectivity index (χ1v) is 4.37. The zero-order valence-corrected chi connectivity index (χ0v) is 7.95. The molecule has 0 aromatic carbocycles. The van der Waals surface area contributed by atoms with Gasteiger partial charge in [0.15, 0.2) is 6.29 Å². The van der Waals surface area contributed by atoms with E-state index in [2.05, 4.69) is 5.32 Å². The molecule has 5 heteroatoms. The largest absolute Gasteiger partial charge is 0.356 e. The molecule has 0 radical (unpaired) electrons. The van der Waals surface area contributed by atoms with Crippen molar-refractivity contribution in [1.29, 1.82) is 0 Å². The summed E-state index contributed by atoms with van der Waals surface area (Å²) in [7, 11) is 1.61. The first kappa shape index (κ1) is 10.3. The molecule has 1 saturated heterocycles. The third-order valence-electron chi connectivity index (χ3n) is 2.24. The minimum absolute atomic E-state index is 0.00361. The molecule has 1 aliphatic rings. The predicted molar refractivity (Wildman–Crippen MR) is 47.1 cm³/mol. The summed E-state index contributed by atoms with van der Waals surface area (Å²) < 4.78 is 10.5. The van der Waals surface area contributed by atoms with Crippen LogP contribution >= 0.6 is 0 Å². The Labute approximate surface area is 77.6 Å². The van der Waals surface area contributed by atoms with Gasteiger partial charge in [-0.25, -0.2) is 4.79 Å². The molecular formula is C8H16N2O3. The van der Waals surface area contributed by atoms with Crippen LogP contribution in [0.5, 0.6) is 0 Å². The first-order valence-electron chi connectivity index (χ1n) is 4.37. The highest BCUT2D eigenvalue weighted by Gasteiger charge is 2.28. The van der Waals surface area contributed by atoms with Crippen molar-refractivity contribution < 1.29 is 14.3 Å². The van der Waals surface area contributed by atoms with Crippen LogP contribution < -0.4 is 11.1 Å². The molecular weight excluding hydrogens is 172 g/mol. The number of methoxy groups -OCH3 is 1. The average molecular weight is 188 g/mol. The minimum Gasteiger partial charge on any atom is -0.356 e. The maximum Gasteiger partial charge on any atom is 0.312 e. The molecule has 5 nitrogen and oxygen atoms in total. The standard InChI is InChI=1S/C8H16N2O3/c1-5-6(10-8(9)11)3-4-7(12-2)13-5/h5-7H,3-4H2,1-2H3,(H3,9,10,11). The van der Waals surface area contributed by atoms with E-state index in [1.54, 1.807) is 7.11 Å². The van der Waals surface area contributed by atoms with Crippen LogP contribution in [0.2, 0.25) is 0 Å². The van der Waals surface area contributed by atoms with Gasteiger partial charge in [-0.3, -0.25) is 0 Å². The van der Waals surface area contributed by atoms with Gasteiger partial charge in [-0.1, -0.05) is 0 Å². The van der Waals surface area contributed by atoms with Gasteiger partial charge in [0.2, 0.25) is 0 Å². The molecule has 0 aliphatic carbocycles. The van der Waals surface area contributed by atoms with E-state index in [0.717, 1.165) is 12.8 Å². The summed E-state index contributed by atoms with van der Waals surface area (Å²) in [6, 6.07) is -0.500. The van der Waals surface area contributed by atoms with Crippen molar-refractivity contribution in [2.24, 2.45) is 5.73 Å². The highest BCUT2D eigenvalue weighted by molar-refractivity contribution is 5.72. The number of nitrogens with two attached hydrogens (primary N) is 1. The van der Waals surface area contributed by atoms with Gasteiger partial charge in [0.1, 0.15) is 0 Å². The molecule has 1 aliphatic heterocycles. The zero-order valence-electron chi connectivity index (χ0n) is 7.95. The second-order valence-electron chi connectivity index (χ2n) is 3.20. The third kappa shape index (κ3) is 2.86. The second kappa shape index (κ2) is 4.43. The lowest BCUT2D eigenvalue weighted by molar-refractivity contribution is -0.182. The summed E-state index contributed by atoms with van der Waals surface area (Å²) in [5.74, 6) is 0. The number of amides is 2. The van der Waals surface area contributed by atoms with Gasteiger partial charge in [0.25, 0.3) is 0 Å². The van der Waals surface area contributed by atoms with E-state index in [1.807, 2.05) is 6.92 Å². The van der Waals surface area contributed by atoms with Gasteiger partial charge >= 0.3 is 6.03 Å². The summed E-state index contributed by atoms with van der Waals surface area (Å²) in [5.41, 5.74) is 5.02. The topological polar surface area (TPSA) is 73.6 Å². The quantitative estimate of drug-likeness (QED) is 0.650. The molecule has 13 heavy (non-hydrogen) atoms. The van der Waals surface area contributed by atoms with Crippen LogP contribution in [0, 0.1) is 0 Å². The zero-order chi connectivity index (χ0) is 9.84. The molecule has 0 bridgehead atoms. The number of primary amides is 1. The lowest BCUT2D eigenvalue weighted by atomic mass is 10.0. The van der Waals surface area contributed by atoms with Crippen LogP contribution in [0.3, 0.4) is 0 Å². The summed E-state index contributed by atoms with van der Waals surface area (Å²) >= 11 is 0. The van der Waals surface area contributed by atoms with Gasteiger partial charge in [-0.2, -0.15) is 0 Å². The number of nitrogens with one attached hydrogen (secondary N) is 1. The van der Waals surface area contributed by atoms with Gasteiger partial charge in [0, 0.05) is 13.5 Å². The highest BCUT2D eigenvalue weighted by Crippen LogP contribution is 2.19. The molecule has 76 valence electrons. The lowest BCUT2D eigenvalue weighted by Crippen LogP contribution is -2.49. The van der Waals surface area contributed by atoms with E-state index in [1.165, 1.54) is 0 Å². The van der Waals surface area contributed by atoms with Crippen molar-refractivity contribution in [2.45, 2.75) is 38.2 Å². The Hall–Kier alpha value is -0.810. The summed E-state index contributed by atoms with van der Waals surface area (Å²) in [5, 5.41) is 2.63. The minimum atomic E-state index is -0.503. The molecule has 1 heterocycles. The molecule has 3 N–H and O–H groups in total. The number of carbonyl (C=O) groups excluding carboxylic acids is 1. The molecule has 3 atom stereocenters. The van der Waals surface area contributed by atoms with Crippen molar-refractivity contribution in [3.05, 3.63) is 0 Å². The SMILES string of the molecule is COC1CCC(NC(N)=O)C(C)O1. The number of ether oxygens (including phenoxy) is 2. The summed E-state index contributed by atoms with van der Waals surface area (Å²) in [6.07, 6.45) is 1.42. The Morgan fingerprint density at radius 1 is 1.62 bits per heavy atom. The van der Waals surface area contributed by atoms with Crippen molar-refractivity contribution in [3.63, 3.8) is 0 Å². The van der Waals surface area contributed by atoms with Crippen LogP contribution in [0.1, 0.15) is 19.8 Å². The molecule has 2 amide bonds. The second-order valence-corrected chi connectivity index (χ2v) is 3.20. The molecule has 0 spiro atoms. The van der Waals surface area contributed by atoms with Crippen LogP contribution in [0.15, 0.2) is 0 Å². The lowest BCUT2D eigenvalue weighted by Gasteiger charge is -2.33. The van der Waals surface area contributed by atoms with E-state index in [0.29, 0.717) is 0 Å². The molecule has 0 aromatic rings. The summed E-state index contributed by atoms with van der Waals surface area (Å²) in [6.45, 7) is 1.89. The Morgan fingerprint density at radius 2 is 2.31 bits per heavy atom. The normalized spacial score (nSPS) is 34.2. The predicted octanol–water partition coefficient (Wildman–Crippen LogP) is 0.195. The Morgan fingerprint density at radius 3 is 2.77 bits per heavy atom. The first-order chi connectivity index (χ1) is 6.13. The van der Waals surface area contributed by atoms with Gasteiger partial charge in [-0.05, 0) is 13.3 Å². The van der Waals surface area contributed by atoms with Gasteiger partial charge in [0.05, 0.1) is 12.1 Å². The van der Waals surface area contributed by atoms with E-state index in [4.69, 9.17) is 15.2 Å². The maximum atomic E-state index is 10.6. The van der Waals surface area contributed by atoms with Crippen LogP contribution in [0.4, 0.5) is 4.79 Å².